The van der Waals surface area contributed by atoms with Gasteiger partial charge in [0, 0.05) is 19.5 Å². The lowest BCUT2D eigenvalue weighted by Gasteiger charge is -2.27. The number of hydrogen-bond donors (Lipinski definition) is 1. The van der Waals surface area contributed by atoms with Crippen LogP contribution in [0.2, 0.25) is 0 Å². The molecule has 0 saturated carbocycles. The van der Waals surface area contributed by atoms with Crippen molar-refractivity contribution in [1.82, 2.24) is 10.2 Å². The van der Waals surface area contributed by atoms with Gasteiger partial charge in [-0.3, -0.25) is 4.90 Å². The molecule has 0 bridgehead atoms. The molecule has 1 fully saturated rings. The molecule has 2 rings (SSSR count). The SMILES string of the molecule is CNC(=O)OC1=CC2C(CC1)CCN2C. The van der Waals surface area contributed by atoms with Crippen LogP contribution in [0.4, 0.5) is 4.79 Å². The Hall–Kier alpha value is -1.03. The predicted octanol–water partition coefficient (Wildman–Crippen LogP) is 1.34. The van der Waals surface area contributed by atoms with Gasteiger partial charge in [-0.05, 0) is 38.4 Å². The van der Waals surface area contributed by atoms with Gasteiger partial charge < -0.3 is 10.1 Å². The summed E-state index contributed by atoms with van der Waals surface area (Å²) in [5.74, 6) is 1.58. The van der Waals surface area contributed by atoms with Crippen LogP contribution in [0, 0.1) is 5.92 Å². The number of alkyl carbamates (subject to hydrolysis) is 1. The van der Waals surface area contributed by atoms with E-state index in [0.29, 0.717) is 6.04 Å². The summed E-state index contributed by atoms with van der Waals surface area (Å²) in [6.45, 7) is 1.15. The predicted molar refractivity (Wildman–Crippen MR) is 57.4 cm³/mol. The lowest BCUT2D eigenvalue weighted by atomic mass is 9.89. The second kappa shape index (κ2) is 4.23. The Morgan fingerprint density at radius 2 is 2.40 bits per heavy atom. The van der Waals surface area contributed by atoms with Crippen LogP contribution in [-0.2, 0) is 4.74 Å². The summed E-state index contributed by atoms with van der Waals surface area (Å²) >= 11 is 0. The van der Waals surface area contributed by atoms with Crippen molar-refractivity contribution in [1.29, 1.82) is 0 Å². The lowest BCUT2D eigenvalue weighted by Crippen LogP contribution is -2.31. The maximum absolute atomic E-state index is 11.1. The van der Waals surface area contributed by atoms with Gasteiger partial charge in [0.15, 0.2) is 0 Å². The summed E-state index contributed by atoms with van der Waals surface area (Å²) in [7, 11) is 3.71. The molecule has 4 nitrogen and oxygen atoms in total. The lowest BCUT2D eigenvalue weighted by molar-refractivity contribution is 0.167. The van der Waals surface area contributed by atoms with Crippen molar-refractivity contribution in [2.45, 2.75) is 25.3 Å². The Kier molecular flexibility index (Phi) is 2.95. The van der Waals surface area contributed by atoms with Gasteiger partial charge in [-0.15, -0.1) is 0 Å². The van der Waals surface area contributed by atoms with Crippen molar-refractivity contribution in [3.05, 3.63) is 11.8 Å². The third kappa shape index (κ3) is 2.15. The smallest absolute Gasteiger partial charge is 0.412 e. The highest BCUT2D eigenvalue weighted by atomic mass is 16.6. The number of ether oxygens (including phenoxy) is 1. The minimum absolute atomic E-state index is 0.361. The van der Waals surface area contributed by atoms with Crippen molar-refractivity contribution in [2.24, 2.45) is 5.92 Å². The van der Waals surface area contributed by atoms with Gasteiger partial charge in [0.05, 0.1) is 0 Å². The molecular weight excluding hydrogens is 192 g/mol. The number of carbonyl (C=O) groups is 1. The molecule has 1 aliphatic heterocycles. The first-order chi connectivity index (χ1) is 7.20. The highest BCUT2D eigenvalue weighted by Crippen LogP contribution is 2.34. The minimum Gasteiger partial charge on any atom is -0.415 e. The molecule has 84 valence electrons. The van der Waals surface area contributed by atoms with E-state index in [4.69, 9.17) is 4.74 Å². The molecule has 0 spiro atoms. The molecular formula is C11H18N2O2. The van der Waals surface area contributed by atoms with Gasteiger partial charge in [-0.25, -0.2) is 4.79 Å². The van der Waals surface area contributed by atoms with E-state index in [-0.39, 0.29) is 6.09 Å². The second-order valence-corrected chi connectivity index (χ2v) is 4.33. The molecule has 0 aromatic rings. The zero-order chi connectivity index (χ0) is 10.8. The zero-order valence-corrected chi connectivity index (χ0v) is 9.32. The summed E-state index contributed by atoms with van der Waals surface area (Å²) in [6.07, 6.45) is 5.04. The van der Waals surface area contributed by atoms with E-state index >= 15 is 0 Å². The number of carbonyl (C=O) groups excluding carboxylic acids is 1. The Balaban J connectivity index is 2.02. The topological polar surface area (TPSA) is 41.6 Å². The molecule has 1 heterocycles. The molecule has 1 amide bonds. The molecule has 1 N–H and O–H groups in total. The van der Waals surface area contributed by atoms with Crippen LogP contribution in [0.1, 0.15) is 19.3 Å². The first-order valence-electron chi connectivity index (χ1n) is 5.51. The summed E-state index contributed by atoms with van der Waals surface area (Å²) < 4.78 is 5.18. The van der Waals surface area contributed by atoms with E-state index in [1.54, 1.807) is 7.05 Å². The molecule has 2 atom stereocenters. The summed E-state index contributed by atoms with van der Waals surface area (Å²) in [5.41, 5.74) is 0. The fourth-order valence-corrected chi connectivity index (χ4v) is 2.48. The largest absolute Gasteiger partial charge is 0.415 e. The highest BCUT2D eigenvalue weighted by molar-refractivity contribution is 5.68. The van der Waals surface area contributed by atoms with Crippen LogP contribution in [0.25, 0.3) is 0 Å². The fraction of sp³-hybridized carbons (Fsp3) is 0.727. The van der Waals surface area contributed by atoms with Crippen molar-refractivity contribution >= 4 is 6.09 Å². The maximum Gasteiger partial charge on any atom is 0.412 e. The number of fused-ring (bicyclic) bond motifs is 1. The molecule has 4 heteroatoms. The second-order valence-electron chi connectivity index (χ2n) is 4.33. The van der Waals surface area contributed by atoms with Crippen LogP contribution in [0.3, 0.4) is 0 Å². The van der Waals surface area contributed by atoms with Crippen LogP contribution in [0.5, 0.6) is 0 Å². The van der Waals surface area contributed by atoms with E-state index in [2.05, 4.69) is 23.3 Å². The van der Waals surface area contributed by atoms with Gasteiger partial charge in [0.1, 0.15) is 5.76 Å². The first kappa shape index (κ1) is 10.5. The zero-order valence-electron chi connectivity index (χ0n) is 9.32. The fourth-order valence-electron chi connectivity index (χ4n) is 2.48. The number of likely N-dealkylation sites (tertiary alicyclic amines) is 1. The van der Waals surface area contributed by atoms with Crippen molar-refractivity contribution in [2.75, 3.05) is 20.6 Å². The molecule has 1 aliphatic carbocycles. The van der Waals surface area contributed by atoms with Gasteiger partial charge in [-0.2, -0.15) is 0 Å². The van der Waals surface area contributed by atoms with E-state index in [1.165, 1.54) is 6.42 Å². The van der Waals surface area contributed by atoms with Gasteiger partial charge in [-0.1, -0.05) is 0 Å². The van der Waals surface area contributed by atoms with Crippen molar-refractivity contribution < 1.29 is 9.53 Å². The number of amides is 1. The Labute approximate surface area is 90.3 Å². The molecule has 2 unspecified atom stereocenters. The third-order valence-electron chi connectivity index (χ3n) is 3.39. The Morgan fingerprint density at radius 1 is 1.60 bits per heavy atom. The molecule has 0 radical (unpaired) electrons. The highest BCUT2D eigenvalue weighted by Gasteiger charge is 2.33. The number of nitrogens with zero attached hydrogens (tertiary/aromatic N) is 1. The average molecular weight is 210 g/mol. The van der Waals surface area contributed by atoms with Gasteiger partial charge >= 0.3 is 6.09 Å². The van der Waals surface area contributed by atoms with Crippen LogP contribution >= 0.6 is 0 Å². The number of likely N-dealkylation sites (N-methyl/N-ethyl adjacent to an activating group) is 1. The quantitative estimate of drug-likeness (QED) is 0.710. The van der Waals surface area contributed by atoms with Crippen molar-refractivity contribution in [3.63, 3.8) is 0 Å². The molecule has 15 heavy (non-hydrogen) atoms. The molecule has 1 saturated heterocycles. The van der Waals surface area contributed by atoms with E-state index in [9.17, 15) is 4.79 Å². The normalized spacial score (nSPS) is 30.7. The van der Waals surface area contributed by atoms with E-state index in [0.717, 1.165) is 31.1 Å². The monoisotopic (exact) mass is 210 g/mol. The number of rotatable bonds is 1. The average Bonchev–Trinajstić information content (AvgIpc) is 2.60. The van der Waals surface area contributed by atoms with Gasteiger partial charge in [0.25, 0.3) is 0 Å². The minimum atomic E-state index is -0.361. The number of allylic oxidation sites excluding steroid dienone is 1. The molecule has 0 aromatic heterocycles. The number of hydrogen-bond acceptors (Lipinski definition) is 3. The third-order valence-corrected chi connectivity index (χ3v) is 3.39. The van der Waals surface area contributed by atoms with Crippen molar-refractivity contribution in [3.8, 4) is 0 Å². The van der Waals surface area contributed by atoms with Crippen LogP contribution in [0.15, 0.2) is 11.8 Å². The molecule has 0 aromatic carbocycles. The number of nitrogens with one attached hydrogen (secondary N) is 1. The van der Waals surface area contributed by atoms with Crippen LogP contribution in [-0.4, -0.2) is 37.7 Å². The Bertz CT molecular complexity index is 288. The maximum atomic E-state index is 11.1. The van der Waals surface area contributed by atoms with Gasteiger partial charge in [0.2, 0.25) is 0 Å². The first-order valence-corrected chi connectivity index (χ1v) is 5.51. The van der Waals surface area contributed by atoms with E-state index < -0.39 is 0 Å². The standard InChI is InChI=1S/C11H18N2O2/c1-12-11(14)15-9-4-3-8-5-6-13(2)10(8)7-9/h7-8,10H,3-6H2,1-2H3,(H,12,14). The summed E-state index contributed by atoms with van der Waals surface area (Å²) in [5, 5.41) is 2.47. The van der Waals surface area contributed by atoms with Crippen LogP contribution < -0.4 is 5.32 Å². The molecule has 2 aliphatic rings. The summed E-state index contributed by atoms with van der Waals surface area (Å²) in [6, 6.07) is 0.471. The van der Waals surface area contributed by atoms with E-state index in [1.807, 2.05) is 0 Å². The Morgan fingerprint density at radius 3 is 3.13 bits per heavy atom. The summed E-state index contributed by atoms with van der Waals surface area (Å²) in [4.78, 5) is 13.4.